The molecule has 0 radical (unpaired) electrons. The van der Waals surface area contributed by atoms with Crippen LogP contribution >= 0.6 is 11.6 Å². The van der Waals surface area contributed by atoms with E-state index in [1.807, 2.05) is 0 Å². The van der Waals surface area contributed by atoms with Gasteiger partial charge in [0.2, 0.25) is 5.91 Å². The summed E-state index contributed by atoms with van der Waals surface area (Å²) >= 11 is 5.78. The maximum atomic E-state index is 11.5. The zero-order valence-corrected chi connectivity index (χ0v) is 11.5. The third-order valence-corrected chi connectivity index (χ3v) is 3.06. The highest BCUT2D eigenvalue weighted by molar-refractivity contribution is 6.32. The molecule has 0 heterocycles. The van der Waals surface area contributed by atoms with E-state index in [2.05, 4.69) is 12.2 Å². The van der Waals surface area contributed by atoms with Crippen LogP contribution in [0.5, 0.6) is 5.75 Å². The lowest BCUT2D eigenvalue weighted by atomic mass is 10.1. The van der Waals surface area contributed by atoms with Gasteiger partial charge in [-0.15, -0.1) is 0 Å². The second kappa shape index (κ2) is 7.98. The largest absolute Gasteiger partial charge is 0.506 e. The van der Waals surface area contributed by atoms with E-state index in [1.54, 1.807) is 12.1 Å². The Balaban J connectivity index is 2.27. The molecular weight excluding hydrogens is 250 g/mol. The number of carbonyl (C=O) groups is 1. The molecule has 0 aliphatic rings. The summed E-state index contributed by atoms with van der Waals surface area (Å²) in [5.41, 5.74) is 0.889. The first kappa shape index (κ1) is 14.8. The topological polar surface area (TPSA) is 49.3 Å². The normalized spacial score (nSPS) is 10.3. The highest BCUT2D eigenvalue weighted by Gasteiger charge is 2.03. The number of nitrogens with one attached hydrogen (secondary N) is 1. The molecule has 18 heavy (non-hydrogen) atoms. The smallest absolute Gasteiger partial charge is 0.220 e. The van der Waals surface area contributed by atoms with E-state index >= 15 is 0 Å². The van der Waals surface area contributed by atoms with Crippen LogP contribution in [0.4, 0.5) is 0 Å². The van der Waals surface area contributed by atoms with E-state index < -0.39 is 0 Å². The van der Waals surface area contributed by atoms with Gasteiger partial charge >= 0.3 is 0 Å². The molecule has 1 aromatic carbocycles. The summed E-state index contributed by atoms with van der Waals surface area (Å²) in [5.74, 6) is 0.126. The summed E-state index contributed by atoms with van der Waals surface area (Å²) in [6, 6.07) is 4.94. The molecule has 0 spiro atoms. The molecule has 0 atom stereocenters. The van der Waals surface area contributed by atoms with Crippen LogP contribution in [0.1, 0.15) is 44.6 Å². The van der Waals surface area contributed by atoms with Crippen molar-refractivity contribution >= 4 is 17.5 Å². The Morgan fingerprint density at radius 3 is 2.78 bits per heavy atom. The van der Waals surface area contributed by atoms with Gasteiger partial charge in [-0.05, 0) is 24.1 Å². The second-order valence-corrected chi connectivity index (χ2v) is 4.78. The van der Waals surface area contributed by atoms with Crippen molar-refractivity contribution in [3.8, 4) is 5.75 Å². The zero-order valence-electron chi connectivity index (χ0n) is 10.7. The molecule has 0 unspecified atom stereocenters. The molecule has 1 aromatic rings. The lowest BCUT2D eigenvalue weighted by Crippen LogP contribution is -2.22. The molecule has 3 nitrogen and oxygen atoms in total. The fraction of sp³-hybridized carbons (Fsp3) is 0.500. The van der Waals surface area contributed by atoms with Crippen molar-refractivity contribution in [1.29, 1.82) is 0 Å². The van der Waals surface area contributed by atoms with Gasteiger partial charge in [0, 0.05) is 13.0 Å². The minimum absolute atomic E-state index is 0.0614. The summed E-state index contributed by atoms with van der Waals surface area (Å²) < 4.78 is 0. The molecule has 100 valence electrons. The molecule has 0 saturated carbocycles. The Bertz CT molecular complexity index is 393. The Morgan fingerprint density at radius 1 is 1.33 bits per heavy atom. The number of amides is 1. The molecule has 0 aliphatic carbocycles. The van der Waals surface area contributed by atoms with Crippen LogP contribution in [-0.2, 0) is 11.3 Å². The number of halogens is 1. The third-order valence-electron chi connectivity index (χ3n) is 2.76. The molecular formula is C14H20ClNO2. The Morgan fingerprint density at radius 2 is 2.11 bits per heavy atom. The molecule has 4 heteroatoms. The van der Waals surface area contributed by atoms with Crippen molar-refractivity contribution in [3.05, 3.63) is 28.8 Å². The summed E-state index contributed by atoms with van der Waals surface area (Å²) in [6.45, 7) is 2.60. The van der Waals surface area contributed by atoms with Crippen molar-refractivity contribution in [1.82, 2.24) is 5.32 Å². The maximum Gasteiger partial charge on any atom is 0.220 e. The Hall–Kier alpha value is -1.22. The average molecular weight is 270 g/mol. The number of rotatable bonds is 7. The van der Waals surface area contributed by atoms with Gasteiger partial charge in [-0.1, -0.05) is 43.9 Å². The average Bonchev–Trinajstić information content (AvgIpc) is 2.36. The maximum absolute atomic E-state index is 11.5. The van der Waals surface area contributed by atoms with Gasteiger partial charge in [0.1, 0.15) is 5.75 Å². The predicted octanol–water partition coefficient (Wildman–Crippen LogP) is 3.63. The minimum Gasteiger partial charge on any atom is -0.506 e. The van der Waals surface area contributed by atoms with Crippen molar-refractivity contribution in [3.63, 3.8) is 0 Å². The van der Waals surface area contributed by atoms with E-state index in [-0.39, 0.29) is 11.7 Å². The van der Waals surface area contributed by atoms with Gasteiger partial charge in [-0.3, -0.25) is 4.79 Å². The molecule has 0 bridgehead atoms. The Labute approximate surface area is 113 Å². The molecule has 1 rings (SSSR count). The quantitative estimate of drug-likeness (QED) is 0.743. The standard InChI is InChI=1S/C14H20ClNO2/c1-2-3-4-5-6-14(18)16-10-11-7-8-13(17)12(15)9-11/h7-9,17H,2-6,10H2,1H3,(H,16,18). The molecule has 0 fully saturated rings. The van der Waals surface area contributed by atoms with Gasteiger partial charge in [0.15, 0.2) is 0 Å². The molecule has 0 saturated heterocycles. The van der Waals surface area contributed by atoms with E-state index in [9.17, 15) is 9.90 Å². The summed E-state index contributed by atoms with van der Waals surface area (Å²) in [4.78, 5) is 11.5. The van der Waals surface area contributed by atoms with Crippen LogP contribution in [-0.4, -0.2) is 11.0 Å². The van der Waals surface area contributed by atoms with Gasteiger partial charge in [0.05, 0.1) is 5.02 Å². The van der Waals surface area contributed by atoms with Crippen LogP contribution in [0.3, 0.4) is 0 Å². The number of benzene rings is 1. The van der Waals surface area contributed by atoms with Crippen molar-refractivity contribution in [2.45, 2.75) is 45.6 Å². The lowest BCUT2D eigenvalue weighted by Gasteiger charge is -2.06. The summed E-state index contributed by atoms with van der Waals surface area (Å²) in [5, 5.41) is 12.4. The molecule has 1 amide bonds. The highest BCUT2D eigenvalue weighted by atomic mass is 35.5. The van der Waals surface area contributed by atoms with Crippen LogP contribution in [0.15, 0.2) is 18.2 Å². The van der Waals surface area contributed by atoms with Crippen LogP contribution in [0.25, 0.3) is 0 Å². The number of carbonyl (C=O) groups excluding carboxylic acids is 1. The number of aromatic hydroxyl groups is 1. The van der Waals surface area contributed by atoms with Gasteiger partial charge in [0.25, 0.3) is 0 Å². The van der Waals surface area contributed by atoms with E-state index in [0.717, 1.165) is 18.4 Å². The first-order valence-electron chi connectivity index (χ1n) is 6.37. The van der Waals surface area contributed by atoms with Crippen molar-refractivity contribution in [2.75, 3.05) is 0 Å². The number of hydrogen-bond acceptors (Lipinski definition) is 2. The van der Waals surface area contributed by atoms with E-state index in [1.165, 1.54) is 18.9 Å². The fourth-order valence-corrected chi connectivity index (χ4v) is 1.86. The number of unbranched alkanes of at least 4 members (excludes halogenated alkanes) is 3. The summed E-state index contributed by atoms with van der Waals surface area (Å²) in [6.07, 6.45) is 4.98. The predicted molar refractivity (Wildman–Crippen MR) is 73.7 cm³/mol. The van der Waals surface area contributed by atoms with Gasteiger partial charge in [-0.2, -0.15) is 0 Å². The SMILES string of the molecule is CCCCCCC(=O)NCc1ccc(O)c(Cl)c1. The van der Waals surface area contributed by atoms with Crippen molar-refractivity contribution < 1.29 is 9.90 Å². The second-order valence-electron chi connectivity index (χ2n) is 4.37. The molecule has 2 N–H and O–H groups in total. The number of phenolic OH excluding ortho intramolecular Hbond substituents is 1. The molecule has 0 aliphatic heterocycles. The monoisotopic (exact) mass is 269 g/mol. The third kappa shape index (κ3) is 5.41. The fourth-order valence-electron chi connectivity index (χ4n) is 1.66. The minimum atomic E-state index is 0.0614. The van der Waals surface area contributed by atoms with Crippen LogP contribution < -0.4 is 5.32 Å². The first-order valence-corrected chi connectivity index (χ1v) is 6.75. The van der Waals surface area contributed by atoms with Crippen LogP contribution in [0, 0.1) is 0 Å². The van der Waals surface area contributed by atoms with Crippen LogP contribution in [0.2, 0.25) is 5.02 Å². The highest BCUT2D eigenvalue weighted by Crippen LogP contribution is 2.23. The van der Waals surface area contributed by atoms with Gasteiger partial charge in [-0.25, -0.2) is 0 Å². The first-order chi connectivity index (χ1) is 8.63. The number of hydrogen-bond donors (Lipinski definition) is 2. The van der Waals surface area contributed by atoms with E-state index in [4.69, 9.17) is 11.6 Å². The number of phenols is 1. The molecule has 0 aromatic heterocycles. The Kier molecular flexibility index (Phi) is 6.58. The van der Waals surface area contributed by atoms with E-state index in [0.29, 0.717) is 18.0 Å². The van der Waals surface area contributed by atoms with Crippen molar-refractivity contribution in [2.24, 2.45) is 0 Å². The zero-order chi connectivity index (χ0) is 13.4. The lowest BCUT2D eigenvalue weighted by molar-refractivity contribution is -0.121. The van der Waals surface area contributed by atoms with Gasteiger partial charge < -0.3 is 10.4 Å². The summed E-state index contributed by atoms with van der Waals surface area (Å²) in [7, 11) is 0.